The van der Waals surface area contributed by atoms with Crippen LogP contribution in [0.5, 0.6) is 0 Å². The second kappa shape index (κ2) is 2.94. The number of aryl methyl sites for hydroxylation is 1. The fourth-order valence-electron chi connectivity index (χ4n) is 1.63. The Kier molecular flexibility index (Phi) is 2.02. The van der Waals surface area contributed by atoms with Crippen LogP contribution >= 0.6 is 11.3 Å². The lowest BCUT2D eigenvalue weighted by Crippen LogP contribution is -2.17. The van der Waals surface area contributed by atoms with Gasteiger partial charge in [-0.2, -0.15) is 0 Å². The normalized spacial score (nSPS) is 20.8. The number of nitrogen functional groups attached to an aromatic ring is 1. The summed E-state index contributed by atoms with van der Waals surface area (Å²) in [6, 6.07) is 2.94. The lowest BCUT2D eigenvalue weighted by Gasteiger charge is -2.11. The molecule has 71 valence electrons. The highest BCUT2D eigenvalue weighted by atomic mass is 32.1. The van der Waals surface area contributed by atoms with Gasteiger partial charge in [0.1, 0.15) is 0 Å². The Morgan fingerprint density at radius 1 is 1.46 bits per heavy atom. The van der Waals surface area contributed by atoms with Gasteiger partial charge in [0.05, 0.1) is 5.00 Å². The van der Waals surface area contributed by atoms with Crippen LogP contribution < -0.4 is 5.73 Å². The Balaban J connectivity index is 2.33. The van der Waals surface area contributed by atoms with Gasteiger partial charge in [0.25, 0.3) is 5.92 Å². The maximum absolute atomic E-state index is 13.1. The molecule has 1 radical (unpaired) electrons. The number of hydrogen-bond acceptors (Lipinski definition) is 2. The Morgan fingerprint density at radius 2 is 2.23 bits per heavy atom. The summed E-state index contributed by atoms with van der Waals surface area (Å²) in [7, 11) is 0. The van der Waals surface area contributed by atoms with Crippen LogP contribution in [0.1, 0.15) is 23.3 Å². The van der Waals surface area contributed by atoms with E-state index in [0.29, 0.717) is 17.8 Å². The quantitative estimate of drug-likeness (QED) is 0.643. The van der Waals surface area contributed by atoms with Crippen LogP contribution in [0.15, 0.2) is 0 Å². The van der Waals surface area contributed by atoms with E-state index in [-0.39, 0.29) is 12.8 Å². The number of fused-ring (bicyclic) bond motifs is 1. The maximum Gasteiger partial charge on any atom is 0.252 e. The van der Waals surface area contributed by atoms with Gasteiger partial charge in [-0.1, -0.05) is 0 Å². The van der Waals surface area contributed by atoms with E-state index < -0.39 is 5.92 Å². The van der Waals surface area contributed by atoms with Gasteiger partial charge in [-0.15, -0.1) is 11.3 Å². The van der Waals surface area contributed by atoms with Gasteiger partial charge in [-0.25, -0.2) is 8.78 Å². The van der Waals surface area contributed by atoms with Crippen LogP contribution in [0.2, 0.25) is 0 Å². The summed E-state index contributed by atoms with van der Waals surface area (Å²) >= 11 is 1.25. The third-order valence-corrected chi connectivity index (χ3v) is 3.19. The molecule has 1 heterocycles. The predicted octanol–water partition coefficient (Wildman–Crippen LogP) is 2.64. The Hall–Kier alpha value is -0.640. The number of rotatable bonds is 0. The molecule has 0 saturated heterocycles. The van der Waals surface area contributed by atoms with Gasteiger partial charge >= 0.3 is 0 Å². The zero-order valence-corrected chi connectivity index (χ0v) is 7.89. The largest absolute Gasteiger partial charge is 0.390 e. The minimum atomic E-state index is -2.55. The van der Waals surface area contributed by atoms with Crippen LogP contribution in [0, 0.1) is 6.07 Å². The van der Waals surface area contributed by atoms with Crippen molar-refractivity contribution in [3.05, 3.63) is 16.5 Å². The van der Waals surface area contributed by atoms with Crippen molar-refractivity contribution >= 4 is 16.3 Å². The van der Waals surface area contributed by atoms with Crippen molar-refractivity contribution in [3.63, 3.8) is 0 Å². The van der Waals surface area contributed by atoms with Crippen LogP contribution in [0.25, 0.3) is 0 Å². The Morgan fingerprint density at radius 3 is 3.00 bits per heavy atom. The summed E-state index contributed by atoms with van der Waals surface area (Å²) in [5.41, 5.74) is 6.42. The Bertz CT molecular complexity index is 319. The molecule has 1 aromatic rings. The highest BCUT2D eigenvalue weighted by Gasteiger charge is 2.33. The number of anilines is 1. The summed E-state index contributed by atoms with van der Waals surface area (Å²) in [5.74, 6) is -2.55. The monoisotopic (exact) mass is 202 g/mol. The fraction of sp³-hybridized carbons (Fsp3) is 0.556. The zero-order valence-electron chi connectivity index (χ0n) is 7.07. The number of thiophene rings is 1. The second-order valence-electron chi connectivity index (χ2n) is 3.38. The molecule has 0 bridgehead atoms. The molecule has 1 aliphatic rings. The van der Waals surface area contributed by atoms with Crippen molar-refractivity contribution in [1.82, 2.24) is 0 Å². The Labute approximate surface area is 79.6 Å². The predicted molar refractivity (Wildman–Crippen MR) is 49.2 cm³/mol. The van der Waals surface area contributed by atoms with Gasteiger partial charge in [0, 0.05) is 23.8 Å². The lowest BCUT2D eigenvalue weighted by atomic mass is 10.1. The molecule has 0 amide bonds. The fourth-order valence-corrected chi connectivity index (χ4v) is 2.63. The van der Waals surface area contributed by atoms with Crippen LogP contribution in [-0.2, 0) is 12.8 Å². The number of hydrogen-bond donors (Lipinski definition) is 1. The van der Waals surface area contributed by atoms with E-state index in [2.05, 4.69) is 6.07 Å². The first kappa shape index (κ1) is 8.94. The van der Waals surface area contributed by atoms with E-state index in [9.17, 15) is 8.78 Å². The van der Waals surface area contributed by atoms with Crippen molar-refractivity contribution in [3.8, 4) is 0 Å². The van der Waals surface area contributed by atoms with Crippen molar-refractivity contribution in [1.29, 1.82) is 0 Å². The van der Waals surface area contributed by atoms with Gasteiger partial charge in [0.2, 0.25) is 0 Å². The van der Waals surface area contributed by atoms with Gasteiger partial charge in [-0.3, -0.25) is 0 Å². The molecule has 2 N–H and O–H groups in total. The molecule has 1 aliphatic carbocycles. The molecule has 1 aromatic heterocycles. The molecule has 2 rings (SSSR count). The molecule has 0 fully saturated rings. The number of nitrogens with two attached hydrogens (primary N) is 1. The molecule has 0 aliphatic heterocycles. The number of halogens is 2. The third-order valence-electron chi connectivity index (χ3n) is 2.23. The van der Waals surface area contributed by atoms with Crippen molar-refractivity contribution in [2.45, 2.75) is 31.6 Å². The topological polar surface area (TPSA) is 26.0 Å². The minimum absolute atomic E-state index is 0.0118. The molecule has 0 aromatic carbocycles. The standard InChI is InChI=1S/C9H10F2NS/c10-9(11)3-1-2-6-4-8(12)13-7(6)5-9/h1-3,5,12H2. The van der Waals surface area contributed by atoms with Gasteiger partial charge in [0.15, 0.2) is 0 Å². The van der Waals surface area contributed by atoms with Crippen molar-refractivity contribution < 1.29 is 8.78 Å². The number of alkyl halides is 2. The van der Waals surface area contributed by atoms with E-state index in [0.717, 1.165) is 10.4 Å². The highest BCUT2D eigenvalue weighted by molar-refractivity contribution is 7.16. The van der Waals surface area contributed by atoms with Crippen LogP contribution in [-0.4, -0.2) is 5.92 Å². The smallest absolute Gasteiger partial charge is 0.252 e. The SMILES string of the molecule is Nc1[c]c2c(s1)CC(F)(F)CCC2. The maximum atomic E-state index is 13.1. The average molecular weight is 202 g/mol. The molecule has 1 nitrogen and oxygen atoms in total. The van der Waals surface area contributed by atoms with E-state index >= 15 is 0 Å². The minimum Gasteiger partial charge on any atom is -0.390 e. The summed E-state index contributed by atoms with van der Waals surface area (Å²) in [6.07, 6.45) is 1.06. The lowest BCUT2D eigenvalue weighted by molar-refractivity contribution is -0.00578. The summed E-state index contributed by atoms with van der Waals surface area (Å²) in [4.78, 5) is 0.722. The van der Waals surface area contributed by atoms with E-state index in [1.54, 1.807) is 0 Å². The molecule has 0 saturated carbocycles. The molecular weight excluding hydrogens is 192 g/mol. The van der Waals surface area contributed by atoms with E-state index in [1.807, 2.05) is 0 Å². The summed E-state index contributed by atoms with van der Waals surface area (Å²) in [5, 5.41) is 0.530. The summed E-state index contributed by atoms with van der Waals surface area (Å²) < 4.78 is 26.2. The second-order valence-corrected chi connectivity index (χ2v) is 4.52. The first-order chi connectivity index (χ1) is 6.07. The first-order valence-electron chi connectivity index (χ1n) is 4.24. The molecule has 0 spiro atoms. The van der Waals surface area contributed by atoms with Gasteiger partial charge in [-0.05, 0) is 18.4 Å². The molecular formula is C9H10F2NS. The van der Waals surface area contributed by atoms with Gasteiger partial charge < -0.3 is 5.73 Å². The van der Waals surface area contributed by atoms with Crippen LogP contribution in [0.4, 0.5) is 13.8 Å². The molecule has 0 atom stereocenters. The highest BCUT2D eigenvalue weighted by Crippen LogP contribution is 2.36. The van der Waals surface area contributed by atoms with Crippen molar-refractivity contribution in [2.75, 3.05) is 5.73 Å². The average Bonchev–Trinajstić information content (AvgIpc) is 2.23. The molecule has 4 heteroatoms. The van der Waals surface area contributed by atoms with E-state index in [1.165, 1.54) is 11.3 Å². The first-order valence-corrected chi connectivity index (χ1v) is 5.06. The zero-order chi connectivity index (χ0) is 9.47. The van der Waals surface area contributed by atoms with Crippen molar-refractivity contribution in [2.24, 2.45) is 0 Å². The van der Waals surface area contributed by atoms with E-state index in [4.69, 9.17) is 5.73 Å². The third kappa shape index (κ3) is 1.82. The summed E-state index contributed by atoms with van der Waals surface area (Å²) in [6.45, 7) is 0. The molecule has 0 unspecified atom stereocenters. The molecule has 13 heavy (non-hydrogen) atoms. The van der Waals surface area contributed by atoms with Crippen LogP contribution in [0.3, 0.4) is 0 Å².